The molecule has 0 unspecified atom stereocenters. The highest BCUT2D eigenvalue weighted by atomic mass is 35.5. The fourth-order valence-electron chi connectivity index (χ4n) is 1.02. The van der Waals surface area contributed by atoms with Crippen molar-refractivity contribution in [2.45, 2.75) is 0 Å². The Balaban J connectivity index is 2.26. The Hall–Kier alpha value is -1.39. The number of para-hydroxylation sites is 1. The molecule has 2 aromatic rings. The Morgan fingerprint density at radius 3 is 2.60 bits per heavy atom. The van der Waals surface area contributed by atoms with Gasteiger partial charge in [0, 0.05) is 0 Å². The van der Waals surface area contributed by atoms with E-state index in [1.165, 1.54) is 6.33 Å². The third kappa shape index (κ3) is 2.55. The quantitative estimate of drug-likeness (QED) is 0.878. The van der Waals surface area contributed by atoms with E-state index in [4.69, 9.17) is 23.2 Å². The van der Waals surface area contributed by atoms with Crippen molar-refractivity contribution in [3.05, 3.63) is 40.9 Å². The van der Waals surface area contributed by atoms with Gasteiger partial charge in [0.25, 0.3) is 0 Å². The zero-order valence-electron chi connectivity index (χ0n) is 7.48. The van der Waals surface area contributed by atoms with Crippen LogP contribution < -0.4 is 5.32 Å². The molecule has 6 heteroatoms. The molecular weight excluding hydrogens is 235 g/mol. The second kappa shape index (κ2) is 4.42. The number of benzene rings is 1. The molecule has 2 rings (SSSR count). The minimum atomic E-state index is 0.138. The molecule has 0 saturated carbocycles. The molecule has 0 aliphatic carbocycles. The molecule has 0 bridgehead atoms. The van der Waals surface area contributed by atoms with Crippen molar-refractivity contribution in [2.24, 2.45) is 0 Å². The van der Waals surface area contributed by atoms with Gasteiger partial charge in [0.1, 0.15) is 6.33 Å². The molecule has 0 spiro atoms. The van der Waals surface area contributed by atoms with E-state index in [0.717, 1.165) is 5.69 Å². The van der Waals surface area contributed by atoms with Crippen LogP contribution in [0.1, 0.15) is 0 Å². The average Bonchev–Trinajstić information content (AvgIpc) is 2.22. The summed E-state index contributed by atoms with van der Waals surface area (Å²) in [6.45, 7) is 0. The number of nitrogens with zero attached hydrogens (tertiary/aromatic N) is 3. The van der Waals surface area contributed by atoms with Gasteiger partial charge in [0.05, 0.1) is 10.7 Å². The van der Waals surface area contributed by atoms with Gasteiger partial charge in [-0.05, 0) is 23.7 Å². The first-order valence-electron chi connectivity index (χ1n) is 4.12. The molecule has 76 valence electrons. The normalized spacial score (nSPS) is 10.0. The Labute approximate surface area is 96.3 Å². The predicted molar refractivity (Wildman–Crippen MR) is 59.6 cm³/mol. The average molecular weight is 241 g/mol. The van der Waals surface area contributed by atoms with Crippen LogP contribution in [0.2, 0.25) is 10.3 Å². The fraction of sp³-hybridized carbons (Fsp3) is 0. The molecule has 1 aromatic heterocycles. The van der Waals surface area contributed by atoms with Gasteiger partial charge in [-0.1, -0.05) is 23.7 Å². The summed E-state index contributed by atoms with van der Waals surface area (Å²) in [5.41, 5.74) is 0.724. The van der Waals surface area contributed by atoms with Crippen LogP contribution in [0, 0.1) is 0 Å². The molecule has 4 nitrogen and oxygen atoms in total. The molecule has 0 radical (unpaired) electrons. The highest BCUT2D eigenvalue weighted by molar-refractivity contribution is 6.33. The number of hydrogen-bond donors (Lipinski definition) is 1. The second-order valence-corrected chi connectivity index (χ2v) is 3.43. The molecule has 0 aliphatic rings. The summed E-state index contributed by atoms with van der Waals surface area (Å²) in [7, 11) is 0. The van der Waals surface area contributed by atoms with E-state index in [0.29, 0.717) is 11.0 Å². The van der Waals surface area contributed by atoms with Crippen LogP contribution in [-0.2, 0) is 0 Å². The van der Waals surface area contributed by atoms with Gasteiger partial charge < -0.3 is 5.32 Å². The first-order valence-corrected chi connectivity index (χ1v) is 4.87. The Kier molecular flexibility index (Phi) is 2.99. The summed E-state index contributed by atoms with van der Waals surface area (Å²) < 4.78 is 0. The molecule has 0 atom stereocenters. The number of anilines is 2. The van der Waals surface area contributed by atoms with Gasteiger partial charge in [0.2, 0.25) is 11.2 Å². The first kappa shape index (κ1) is 10.1. The van der Waals surface area contributed by atoms with Crippen LogP contribution in [0.5, 0.6) is 0 Å². The maximum absolute atomic E-state index is 5.95. The van der Waals surface area contributed by atoms with Crippen molar-refractivity contribution in [2.75, 3.05) is 5.32 Å². The summed E-state index contributed by atoms with van der Waals surface area (Å²) in [4.78, 5) is 11.5. The van der Waals surface area contributed by atoms with Crippen molar-refractivity contribution >= 4 is 34.8 Å². The third-order valence-corrected chi connectivity index (χ3v) is 2.17. The summed E-state index contributed by atoms with van der Waals surface area (Å²) in [5, 5.41) is 3.66. The van der Waals surface area contributed by atoms with Crippen molar-refractivity contribution in [1.29, 1.82) is 0 Å². The lowest BCUT2D eigenvalue weighted by molar-refractivity contribution is 1.05. The topological polar surface area (TPSA) is 50.7 Å². The minimum absolute atomic E-state index is 0.138. The van der Waals surface area contributed by atoms with Crippen LogP contribution in [0.3, 0.4) is 0 Å². The Morgan fingerprint density at radius 2 is 1.87 bits per heavy atom. The number of aromatic nitrogens is 3. The van der Waals surface area contributed by atoms with Crippen LogP contribution >= 0.6 is 23.2 Å². The van der Waals surface area contributed by atoms with Gasteiger partial charge in [-0.3, -0.25) is 0 Å². The van der Waals surface area contributed by atoms with E-state index in [1.54, 1.807) is 6.07 Å². The summed E-state index contributed by atoms with van der Waals surface area (Å²) >= 11 is 11.6. The smallest absolute Gasteiger partial charge is 0.231 e. The van der Waals surface area contributed by atoms with Crippen LogP contribution in [0.4, 0.5) is 11.6 Å². The standard InChI is InChI=1S/C9H6Cl2N4/c10-6-3-1-2-4-7(6)14-9-13-5-12-8(11)15-9/h1-5H,(H,12,13,14,15). The highest BCUT2D eigenvalue weighted by Crippen LogP contribution is 2.22. The van der Waals surface area contributed by atoms with Crippen LogP contribution in [0.25, 0.3) is 0 Å². The summed E-state index contributed by atoms with van der Waals surface area (Å²) in [5.74, 6) is 0.364. The lowest BCUT2D eigenvalue weighted by atomic mass is 10.3. The largest absolute Gasteiger partial charge is 0.323 e. The number of nitrogens with one attached hydrogen (secondary N) is 1. The van der Waals surface area contributed by atoms with Gasteiger partial charge in [-0.25, -0.2) is 9.97 Å². The van der Waals surface area contributed by atoms with Crippen molar-refractivity contribution in [3.63, 3.8) is 0 Å². The zero-order chi connectivity index (χ0) is 10.7. The lowest BCUT2D eigenvalue weighted by Gasteiger charge is -2.05. The maximum Gasteiger partial charge on any atom is 0.231 e. The molecule has 1 N–H and O–H groups in total. The zero-order valence-corrected chi connectivity index (χ0v) is 9.00. The maximum atomic E-state index is 5.95. The van der Waals surface area contributed by atoms with E-state index >= 15 is 0 Å². The molecule has 15 heavy (non-hydrogen) atoms. The molecule has 0 aliphatic heterocycles. The number of halogens is 2. The lowest BCUT2D eigenvalue weighted by Crippen LogP contribution is -1.98. The summed E-state index contributed by atoms with van der Waals surface area (Å²) in [6, 6.07) is 7.29. The van der Waals surface area contributed by atoms with Crippen molar-refractivity contribution < 1.29 is 0 Å². The molecule has 0 saturated heterocycles. The monoisotopic (exact) mass is 240 g/mol. The first-order chi connectivity index (χ1) is 7.25. The third-order valence-electron chi connectivity index (χ3n) is 1.66. The summed E-state index contributed by atoms with van der Waals surface area (Å²) in [6.07, 6.45) is 1.33. The van der Waals surface area contributed by atoms with E-state index in [2.05, 4.69) is 20.3 Å². The van der Waals surface area contributed by atoms with Crippen molar-refractivity contribution in [3.8, 4) is 0 Å². The van der Waals surface area contributed by atoms with Gasteiger partial charge in [-0.15, -0.1) is 0 Å². The number of rotatable bonds is 2. The highest BCUT2D eigenvalue weighted by Gasteiger charge is 2.01. The molecule has 1 aromatic carbocycles. The van der Waals surface area contributed by atoms with E-state index in [-0.39, 0.29) is 5.28 Å². The van der Waals surface area contributed by atoms with Gasteiger partial charge >= 0.3 is 0 Å². The SMILES string of the molecule is Clc1ncnc(Nc2ccccc2Cl)n1. The molecule has 0 fully saturated rings. The van der Waals surface area contributed by atoms with Crippen LogP contribution in [0.15, 0.2) is 30.6 Å². The van der Waals surface area contributed by atoms with E-state index < -0.39 is 0 Å². The molecule has 1 heterocycles. The number of hydrogen-bond acceptors (Lipinski definition) is 4. The van der Waals surface area contributed by atoms with Gasteiger partial charge in [-0.2, -0.15) is 4.98 Å². The Bertz CT molecular complexity index is 475. The van der Waals surface area contributed by atoms with Gasteiger partial charge in [0.15, 0.2) is 0 Å². The van der Waals surface area contributed by atoms with Crippen LogP contribution in [-0.4, -0.2) is 15.0 Å². The molecular formula is C9H6Cl2N4. The van der Waals surface area contributed by atoms with E-state index in [1.807, 2.05) is 18.2 Å². The second-order valence-electron chi connectivity index (χ2n) is 2.68. The fourth-order valence-corrected chi connectivity index (χ4v) is 1.33. The van der Waals surface area contributed by atoms with E-state index in [9.17, 15) is 0 Å². The minimum Gasteiger partial charge on any atom is -0.323 e. The Morgan fingerprint density at radius 1 is 1.07 bits per heavy atom. The predicted octanol–water partition coefficient (Wildman–Crippen LogP) is 2.92. The molecule has 0 amide bonds. The van der Waals surface area contributed by atoms with Crippen molar-refractivity contribution in [1.82, 2.24) is 15.0 Å².